The second-order valence-electron chi connectivity index (χ2n) is 3.12. The van der Waals surface area contributed by atoms with Gasteiger partial charge in [-0.2, -0.15) is 11.8 Å². The van der Waals surface area contributed by atoms with Gasteiger partial charge in [0, 0.05) is 5.75 Å². The molecule has 0 heterocycles. The number of halogens is 2. The minimum Gasteiger partial charge on any atom is -0.490 e. The summed E-state index contributed by atoms with van der Waals surface area (Å²) in [7, 11) is 0. The van der Waals surface area contributed by atoms with E-state index < -0.39 is 5.97 Å². The van der Waals surface area contributed by atoms with Gasteiger partial charge >= 0.3 is 5.97 Å². The van der Waals surface area contributed by atoms with Crippen LogP contribution in [-0.2, 0) is 0 Å². The van der Waals surface area contributed by atoms with Crippen LogP contribution < -0.4 is 4.74 Å². The molecule has 1 N–H and O–H groups in total. The van der Waals surface area contributed by atoms with Gasteiger partial charge < -0.3 is 9.84 Å². The van der Waals surface area contributed by atoms with E-state index in [4.69, 9.17) is 9.84 Å². The summed E-state index contributed by atoms with van der Waals surface area (Å²) < 4.78 is 6.89. The summed E-state index contributed by atoms with van der Waals surface area (Å²) in [6.45, 7) is 2.69. The molecule has 0 aliphatic rings. The molecule has 0 aromatic heterocycles. The molecule has 0 aliphatic heterocycles. The molecule has 3 nitrogen and oxygen atoms in total. The first kappa shape index (κ1) is 14.9. The van der Waals surface area contributed by atoms with Gasteiger partial charge in [0.1, 0.15) is 5.75 Å². The normalized spacial score (nSPS) is 10.3. The molecule has 0 radical (unpaired) electrons. The van der Waals surface area contributed by atoms with E-state index in [-0.39, 0.29) is 5.56 Å². The molecule has 17 heavy (non-hydrogen) atoms. The monoisotopic (exact) mass is 382 g/mol. The van der Waals surface area contributed by atoms with Crippen molar-refractivity contribution in [2.45, 2.75) is 6.92 Å². The van der Waals surface area contributed by atoms with Crippen molar-refractivity contribution in [1.82, 2.24) is 0 Å². The van der Waals surface area contributed by atoms with Gasteiger partial charge in [-0.05, 0) is 49.7 Å². The van der Waals surface area contributed by atoms with Crippen LogP contribution in [0.1, 0.15) is 17.3 Å². The molecule has 0 amide bonds. The SMILES string of the molecule is CCSCCOc1c(Br)cc(C(=O)O)cc1Br. The molecule has 0 saturated heterocycles. The summed E-state index contributed by atoms with van der Waals surface area (Å²) in [5.41, 5.74) is 0.221. The van der Waals surface area contributed by atoms with Gasteiger partial charge in [-0.25, -0.2) is 4.79 Å². The topological polar surface area (TPSA) is 46.5 Å². The molecule has 0 unspecified atom stereocenters. The average molecular weight is 384 g/mol. The van der Waals surface area contributed by atoms with E-state index in [0.29, 0.717) is 21.3 Å². The van der Waals surface area contributed by atoms with Crippen LogP contribution in [0.25, 0.3) is 0 Å². The lowest BCUT2D eigenvalue weighted by Gasteiger charge is -2.10. The maximum Gasteiger partial charge on any atom is 0.335 e. The molecule has 0 atom stereocenters. The number of aromatic carboxylic acids is 1. The first-order valence-electron chi connectivity index (χ1n) is 4.99. The van der Waals surface area contributed by atoms with Gasteiger partial charge in [0.25, 0.3) is 0 Å². The number of ether oxygens (including phenoxy) is 1. The first-order chi connectivity index (χ1) is 8.06. The third kappa shape index (κ3) is 4.52. The Morgan fingerprint density at radius 1 is 1.41 bits per heavy atom. The van der Waals surface area contributed by atoms with Crippen molar-refractivity contribution >= 4 is 49.6 Å². The largest absolute Gasteiger partial charge is 0.490 e. The summed E-state index contributed by atoms with van der Waals surface area (Å²) in [5, 5.41) is 8.88. The fraction of sp³-hybridized carbons (Fsp3) is 0.364. The van der Waals surface area contributed by atoms with E-state index >= 15 is 0 Å². The molecule has 0 fully saturated rings. The fourth-order valence-electron chi connectivity index (χ4n) is 1.17. The van der Waals surface area contributed by atoms with Crippen molar-refractivity contribution in [2.24, 2.45) is 0 Å². The molecular formula is C11H12Br2O3S. The predicted octanol–water partition coefficient (Wildman–Crippen LogP) is 4.04. The smallest absolute Gasteiger partial charge is 0.335 e. The molecule has 0 bridgehead atoms. The van der Waals surface area contributed by atoms with Crippen molar-refractivity contribution in [3.05, 3.63) is 26.6 Å². The number of benzene rings is 1. The molecule has 0 aliphatic carbocycles. The van der Waals surface area contributed by atoms with Crippen LogP contribution >= 0.6 is 43.6 Å². The number of carboxylic acid groups (broad SMARTS) is 1. The van der Waals surface area contributed by atoms with Crippen molar-refractivity contribution in [3.63, 3.8) is 0 Å². The van der Waals surface area contributed by atoms with Crippen molar-refractivity contribution in [3.8, 4) is 5.75 Å². The van der Waals surface area contributed by atoms with Crippen LogP contribution in [0, 0.1) is 0 Å². The lowest BCUT2D eigenvalue weighted by Crippen LogP contribution is -2.03. The Hall–Kier alpha value is -0.200. The van der Waals surface area contributed by atoms with Crippen LogP contribution in [-0.4, -0.2) is 29.2 Å². The predicted molar refractivity (Wildman–Crippen MR) is 77.3 cm³/mol. The third-order valence-corrected chi connectivity index (χ3v) is 3.97. The second kappa shape index (κ2) is 7.28. The molecule has 1 aromatic rings. The molecule has 0 spiro atoms. The fourth-order valence-corrected chi connectivity index (χ4v) is 3.07. The quantitative estimate of drug-likeness (QED) is 0.753. The Balaban J connectivity index is 2.76. The number of rotatable bonds is 6. The molecule has 1 rings (SSSR count). The maximum absolute atomic E-state index is 10.8. The number of hydrogen-bond donors (Lipinski definition) is 1. The van der Waals surface area contributed by atoms with Crippen molar-refractivity contribution in [1.29, 1.82) is 0 Å². The van der Waals surface area contributed by atoms with Gasteiger partial charge in [0.2, 0.25) is 0 Å². The van der Waals surface area contributed by atoms with Gasteiger partial charge in [0.15, 0.2) is 0 Å². The van der Waals surface area contributed by atoms with E-state index in [2.05, 4.69) is 38.8 Å². The summed E-state index contributed by atoms with van der Waals surface area (Å²) in [5.74, 6) is 1.66. The lowest BCUT2D eigenvalue weighted by atomic mass is 10.2. The number of hydrogen-bond acceptors (Lipinski definition) is 3. The van der Waals surface area contributed by atoms with Gasteiger partial charge in [-0.1, -0.05) is 6.92 Å². The Morgan fingerprint density at radius 3 is 2.47 bits per heavy atom. The highest BCUT2D eigenvalue weighted by Gasteiger charge is 2.12. The van der Waals surface area contributed by atoms with E-state index in [1.54, 1.807) is 11.8 Å². The van der Waals surface area contributed by atoms with Crippen molar-refractivity contribution in [2.75, 3.05) is 18.1 Å². The van der Waals surface area contributed by atoms with E-state index in [1.165, 1.54) is 12.1 Å². The number of thioether (sulfide) groups is 1. The summed E-state index contributed by atoms with van der Waals surface area (Å²) >= 11 is 8.42. The highest BCUT2D eigenvalue weighted by Crippen LogP contribution is 2.34. The third-order valence-electron chi connectivity index (χ3n) is 1.92. The minimum atomic E-state index is -0.959. The lowest BCUT2D eigenvalue weighted by molar-refractivity contribution is 0.0696. The Kier molecular flexibility index (Phi) is 6.37. The van der Waals surface area contributed by atoms with Crippen LogP contribution in [0.15, 0.2) is 21.1 Å². The standard InChI is InChI=1S/C11H12Br2O3S/c1-2-17-4-3-16-10-8(12)5-7(11(14)15)6-9(10)13/h5-6H,2-4H2,1H3,(H,14,15). The van der Waals surface area contributed by atoms with Crippen molar-refractivity contribution < 1.29 is 14.6 Å². The Labute approximate surface area is 121 Å². The van der Waals surface area contributed by atoms with Crippen LogP contribution in [0.4, 0.5) is 0 Å². The summed E-state index contributed by atoms with van der Waals surface area (Å²) in [6, 6.07) is 3.07. The first-order valence-corrected chi connectivity index (χ1v) is 7.73. The summed E-state index contributed by atoms with van der Waals surface area (Å²) in [4.78, 5) is 10.8. The zero-order valence-corrected chi connectivity index (χ0v) is 13.2. The van der Waals surface area contributed by atoms with E-state index in [9.17, 15) is 4.79 Å². The zero-order chi connectivity index (χ0) is 12.8. The highest BCUT2D eigenvalue weighted by atomic mass is 79.9. The average Bonchev–Trinajstić information content (AvgIpc) is 2.26. The molecule has 94 valence electrons. The van der Waals surface area contributed by atoms with Crippen LogP contribution in [0.2, 0.25) is 0 Å². The Morgan fingerprint density at radius 2 is 2.00 bits per heavy atom. The molecule has 6 heteroatoms. The zero-order valence-electron chi connectivity index (χ0n) is 9.20. The van der Waals surface area contributed by atoms with E-state index in [1.807, 2.05) is 0 Å². The molecular weight excluding hydrogens is 372 g/mol. The minimum absolute atomic E-state index is 0.221. The van der Waals surface area contributed by atoms with E-state index in [0.717, 1.165) is 11.5 Å². The molecule has 1 aromatic carbocycles. The van der Waals surface area contributed by atoms with Crippen LogP contribution in [0.5, 0.6) is 5.75 Å². The Bertz CT molecular complexity index is 387. The van der Waals surface area contributed by atoms with Gasteiger partial charge in [0.05, 0.1) is 21.1 Å². The maximum atomic E-state index is 10.8. The summed E-state index contributed by atoms with van der Waals surface area (Å²) in [6.07, 6.45) is 0. The van der Waals surface area contributed by atoms with Crippen LogP contribution in [0.3, 0.4) is 0 Å². The van der Waals surface area contributed by atoms with Gasteiger partial charge in [-0.15, -0.1) is 0 Å². The second-order valence-corrected chi connectivity index (χ2v) is 6.22. The highest BCUT2D eigenvalue weighted by molar-refractivity contribution is 9.11. The molecule has 0 saturated carbocycles. The number of carbonyl (C=O) groups is 1. The number of carboxylic acids is 1. The van der Waals surface area contributed by atoms with Gasteiger partial charge in [-0.3, -0.25) is 0 Å².